The number of nitrogens with two attached hydrogens (primary N) is 1. The van der Waals surface area contributed by atoms with Crippen molar-refractivity contribution < 1.29 is 9.90 Å². The number of hydrogen-bond acceptors (Lipinski definition) is 7. The Morgan fingerprint density at radius 1 is 1.50 bits per heavy atom. The van der Waals surface area contributed by atoms with Crippen molar-refractivity contribution in [2.75, 3.05) is 11.1 Å². The summed E-state index contributed by atoms with van der Waals surface area (Å²) in [7, 11) is 0. The smallest absolute Gasteiger partial charge is 0.303 e. The van der Waals surface area contributed by atoms with Gasteiger partial charge in [-0.05, 0) is 20.3 Å². The van der Waals surface area contributed by atoms with Gasteiger partial charge < -0.3 is 16.2 Å². The molecule has 0 aliphatic heterocycles. The molecule has 0 saturated carbocycles. The molecule has 0 radical (unpaired) electrons. The third kappa shape index (κ3) is 4.14. The molecule has 2 rings (SSSR count). The highest BCUT2D eigenvalue weighted by atomic mass is 16.4. The Labute approximate surface area is 127 Å². The maximum Gasteiger partial charge on any atom is 0.303 e. The highest BCUT2D eigenvalue weighted by Crippen LogP contribution is 2.20. The van der Waals surface area contributed by atoms with Gasteiger partial charge in [0, 0.05) is 23.7 Å². The van der Waals surface area contributed by atoms with E-state index in [4.69, 9.17) is 10.8 Å². The number of carboxylic acid groups (broad SMARTS) is 1. The van der Waals surface area contributed by atoms with Crippen LogP contribution in [0.3, 0.4) is 0 Å². The quantitative estimate of drug-likeness (QED) is 0.672. The number of nitrogens with one attached hydrogen (secondary N) is 1. The van der Waals surface area contributed by atoms with Gasteiger partial charge in [0.2, 0.25) is 5.95 Å². The van der Waals surface area contributed by atoms with Crippen molar-refractivity contribution in [2.45, 2.75) is 39.3 Å². The van der Waals surface area contributed by atoms with Crippen LogP contribution < -0.4 is 11.1 Å². The molecule has 2 heterocycles. The Hall–Kier alpha value is -2.71. The van der Waals surface area contributed by atoms with E-state index in [0.29, 0.717) is 24.5 Å². The molecule has 0 saturated heterocycles. The van der Waals surface area contributed by atoms with Gasteiger partial charge in [0.15, 0.2) is 0 Å². The van der Waals surface area contributed by atoms with E-state index < -0.39 is 5.97 Å². The molecule has 0 aliphatic rings. The number of nitrogen functional groups attached to an aromatic ring is 1. The second-order valence-electron chi connectivity index (χ2n) is 5.05. The SMILES string of the molecule is Cc1nc(N)nc(NC(C)Cn2cncn2)c1CCC(=O)O. The number of rotatable bonds is 7. The molecule has 1 unspecified atom stereocenters. The van der Waals surface area contributed by atoms with E-state index in [1.54, 1.807) is 17.9 Å². The first-order valence-electron chi connectivity index (χ1n) is 6.89. The van der Waals surface area contributed by atoms with E-state index in [0.717, 1.165) is 5.56 Å². The molecule has 0 amide bonds. The third-order valence-electron chi connectivity index (χ3n) is 3.13. The zero-order valence-electron chi connectivity index (χ0n) is 12.5. The van der Waals surface area contributed by atoms with Crippen LogP contribution in [-0.4, -0.2) is 41.9 Å². The number of nitrogens with zero attached hydrogens (tertiary/aromatic N) is 5. The molecule has 2 aromatic rings. The summed E-state index contributed by atoms with van der Waals surface area (Å²) in [6, 6.07) is 0.0129. The summed E-state index contributed by atoms with van der Waals surface area (Å²) in [6.07, 6.45) is 3.46. The molecule has 0 spiro atoms. The molecule has 118 valence electrons. The van der Waals surface area contributed by atoms with E-state index in [1.807, 2.05) is 6.92 Å². The van der Waals surface area contributed by atoms with Gasteiger partial charge in [0.05, 0.1) is 6.54 Å². The minimum absolute atomic E-state index is 0.0129. The van der Waals surface area contributed by atoms with Crippen LogP contribution in [0.4, 0.5) is 11.8 Å². The average molecular weight is 305 g/mol. The van der Waals surface area contributed by atoms with Crippen molar-refractivity contribution in [3.8, 4) is 0 Å². The first-order chi connectivity index (χ1) is 10.5. The molecule has 9 heteroatoms. The van der Waals surface area contributed by atoms with Crippen molar-refractivity contribution in [2.24, 2.45) is 0 Å². The lowest BCUT2D eigenvalue weighted by Gasteiger charge is -2.18. The topological polar surface area (TPSA) is 132 Å². The summed E-state index contributed by atoms with van der Waals surface area (Å²) in [5.74, 6) is -0.135. The van der Waals surface area contributed by atoms with Crippen molar-refractivity contribution >= 4 is 17.7 Å². The molecule has 4 N–H and O–H groups in total. The lowest BCUT2D eigenvalue weighted by molar-refractivity contribution is -0.136. The molecule has 0 bridgehead atoms. The largest absolute Gasteiger partial charge is 0.481 e. The molecule has 2 aromatic heterocycles. The van der Waals surface area contributed by atoms with Crippen LogP contribution in [0, 0.1) is 6.92 Å². The van der Waals surface area contributed by atoms with Crippen molar-refractivity contribution in [1.29, 1.82) is 0 Å². The van der Waals surface area contributed by atoms with E-state index in [-0.39, 0.29) is 18.4 Å². The van der Waals surface area contributed by atoms with Crippen LogP contribution in [0.1, 0.15) is 24.6 Å². The van der Waals surface area contributed by atoms with Crippen LogP contribution in [0.2, 0.25) is 0 Å². The highest BCUT2D eigenvalue weighted by molar-refractivity contribution is 5.67. The molecule has 9 nitrogen and oxygen atoms in total. The van der Waals surface area contributed by atoms with Crippen LogP contribution in [0.25, 0.3) is 0 Å². The Bertz CT molecular complexity index is 642. The van der Waals surface area contributed by atoms with Crippen LogP contribution in [0.5, 0.6) is 0 Å². The standard InChI is InChI=1S/C13H19N7O2/c1-8(5-20-7-15-6-16-20)17-12-10(3-4-11(21)22)9(2)18-13(14)19-12/h6-8H,3-5H2,1-2H3,(H,21,22)(H3,14,17,18,19). The average Bonchev–Trinajstić information content (AvgIpc) is 2.89. The fourth-order valence-electron chi connectivity index (χ4n) is 2.15. The fraction of sp³-hybridized carbons (Fsp3) is 0.462. The second-order valence-corrected chi connectivity index (χ2v) is 5.05. The summed E-state index contributed by atoms with van der Waals surface area (Å²) in [5, 5.41) is 16.1. The first kappa shape index (κ1) is 15.7. The number of aryl methyl sites for hydroxylation is 1. The minimum atomic E-state index is -0.863. The van der Waals surface area contributed by atoms with Gasteiger partial charge in [-0.25, -0.2) is 9.97 Å². The number of aromatic nitrogens is 5. The van der Waals surface area contributed by atoms with Crippen LogP contribution in [-0.2, 0) is 17.8 Å². The Balaban J connectivity index is 2.15. The van der Waals surface area contributed by atoms with E-state index in [9.17, 15) is 4.79 Å². The highest BCUT2D eigenvalue weighted by Gasteiger charge is 2.14. The van der Waals surface area contributed by atoms with Crippen molar-refractivity contribution in [3.05, 3.63) is 23.9 Å². The molecular weight excluding hydrogens is 286 g/mol. The molecular formula is C13H19N7O2. The summed E-state index contributed by atoms with van der Waals surface area (Å²) in [6.45, 7) is 4.36. The summed E-state index contributed by atoms with van der Waals surface area (Å²) >= 11 is 0. The van der Waals surface area contributed by atoms with Gasteiger partial charge in [-0.15, -0.1) is 0 Å². The third-order valence-corrected chi connectivity index (χ3v) is 3.13. The van der Waals surface area contributed by atoms with E-state index >= 15 is 0 Å². The zero-order valence-corrected chi connectivity index (χ0v) is 12.5. The zero-order chi connectivity index (χ0) is 16.1. The van der Waals surface area contributed by atoms with E-state index in [1.165, 1.54) is 6.33 Å². The van der Waals surface area contributed by atoms with Gasteiger partial charge in [-0.2, -0.15) is 10.1 Å². The predicted molar refractivity (Wildman–Crippen MR) is 80.2 cm³/mol. The van der Waals surface area contributed by atoms with Crippen molar-refractivity contribution in [3.63, 3.8) is 0 Å². The van der Waals surface area contributed by atoms with Gasteiger partial charge in [0.25, 0.3) is 0 Å². The lowest BCUT2D eigenvalue weighted by atomic mass is 10.1. The second kappa shape index (κ2) is 6.83. The van der Waals surface area contributed by atoms with Crippen LogP contribution in [0.15, 0.2) is 12.7 Å². The number of carboxylic acids is 1. The molecule has 0 aromatic carbocycles. The first-order valence-corrected chi connectivity index (χ1v) is 6.89. The Kier molecular flexibility index (Phi) is 4.87. The van der Waals surface area contributed by atoms with Gasteiger partial charge in [-0.3, -0.25) is 9.48 Å². The predicted octanol–water partition coefficient (Wildman–Crippen LogP) is 0.477. The minimum Gasteiger partial charge on any atom is -0.481 e. The fourth-order valence-corrected chi connectivity index (χ4v) is 2.15. The summed E-state index contributed by atoms with van der Waals surface area (Å²) in [4.78, 5) is 23.0. The maximum absolute atomic E-state index is 10.8. The molecule has 0 aliphatic carbocycles. The Morgan fingerprint density at radius 3 is 2.91 bits per heavy atom. The molecule has 1 atom stereocenters. The number of carbonyl (C=O) groups is 1. The van der Waals surface area contributed by atoms with Gasteiger partial charge >= 0.3 is 5.97 Å². The van der Waals surface area contributed by atoms with E-state index in [2.05, 4.69) is 25.4 Å². The maximum atomic E-state index is 10.8. The number of hydrogen-bond donors (Lipinski definition) is 3. The normalized spacial score (nSPS) is 12.1. The summed E-state index contributed by atoms with van der Waals surface area (Å²) < 4.78 is 1.70. The Morgan fingerprint density at radius 2 is 2.27 bits per heavy atom. The number of aliphatic carboxylic acids is 1. The summed E-state index contributed by atoms with van der Waals surface area (Å²) in [5.41, 5.74) is 7.14. The lowest BCUT2D eigenvalue weighted by Crippen LogP contribution is -2.24. The number of anilines is 2. The molecule has 0 fully saturated rings. The van der Waals surface area contributed by atoms with Gasteiger partial charge in [0.1, 0.15) is 18.5 Å². The molecule has 22 heavy (non-hydrogen) atoms. The van der Waals surface area contributed by atoms with Crippen molar-refractivity contribution in [1.82, 2.24) is 24.7 Å². The van der Waals surface area contributed by atoms with Gasteiger partial charge in [-0.1, -0.05) is 0 Å². The monoisotopic (exact) mass is 305 g/mol. The van der Waals surface area contributed by atoms with Crippen LogP contribution >= 0.6 is 0 Å².